The second kappa shape index (κ2) is 9.22. The van der Waals surface area contributed by atoms with Gasteiger partial charge in [-0.1, -0.05) is 35.9 Å². The fourth-order valence-electron chi connectivity index (χ4n) is 3.85. The molecular weight excluding hydrogens is 416 g/mol. The highest BCUT2D eigenvalue weighted by Crippen LogP contribution is 2.32. The monoisotopic (exact) mass is 438 g/mol. The molecule has 0 spiro atoms. The third-order valence-corrected chi connectivity index (χ3v) is 5.92. The number of nitrogens with zero attached hydrogens (tertiary/aromatic N) is 2. The van der Waals surface area contributed by atoms with Crippen LogP contribution in [-0.2, 0) is 4.79 Å². The van der Waals surface area contributed by atoms with Crippen molar-refractivity contribution in [3.8, 4) is 11.3 Å². The number of amides is 2. The smallest absolute Gasteiger partial charge is 0.323 e. The van der Waals surface area contributed by atoms with Crippen molar-refractivity contribution in [2.24, 2.45) is 5.92 Å². The van der Waals surface area contributed by atoms with Crippen LogP contribution in [-0.4, -0.2) is 26.9 Å². The molecule has 1 heterocycles. The predicted octanol–water partition coefficient (Wildman–Crippen LogP) is 5.66. The van der Waals surface area contributed by atoms with Crippen LogP contribution in [0.4, 0.5) is 16.2 Å². The molecule has 0 bridgehead atoms. The van der Waals surface area contributed by atoms with E-state index >= 15 is 0 Å². The number of nitrogens with one attached hydrogen (secondary N) is 2. The van der Waals surface area contributed by atoms with Gasteiger partial charge < -0.3 is 15.7 Å². The lowest BCUT2D eigenvalue weighted by Gasteiger charge is -2.26. The second-order valence-corrected chi connectivity index (χ2v) is 8.07. The highest BCUT2D eigenvalue weighted by atomic mass is 35.5. The molecule has 0 aliphatic heterocycles. The van der Waals surface area contributed by atoms with Gasteiger partial charge in [0.15, 0.2) is 0 Å². The van der Waals surface area contributed by atoms with E-state index in [1.54, 1.807) is 24.3 Å². The van der Waals surface area contributed by atoms with Crippen LogP contribution >= 0.6 is 11.6 Å². The Hall–Kier alpha value is -3.32. The number of benzene rings is 2. The van der Waals surface area contributed by atoms with Gasteiger partial charge in [-0.25, -0.2) is 4.79 Å². The molecule has 1 aromatic heterocycles. The van der Waals surface area contributed by atoms with Crippen molar-refractivity contribution < 1.29 is 14.7 Å². The predicted molar refractivity (Wildman–Crippen MR) is 120 cm³/mol. The van der Waals surface area contributed by atoms with Crippen LogP contribution in [0.25, 0.3) is 11.3 Å². The summed E-state index contributed by atoms with van der Waals surface area (Å²) in [6.45, 7) is 0. The first kappa shape index (κ1) is 20.9. The van der Waals surface area contributed by atoms with Gasteiger partial charge in [-0.15, -0.1) is 0 Å². The normalized spacial score (nSPS) is 18.4. The first-order valence-electron chi connectivity index (χ1n) is 10.2. The van der Waals surface area contributed by atoms with Crippen LogP contribution in [0, 0.1) is 5.92 Å². The third kappa shape index (κ3) is 5.06. The molecule has 1 fully saturated rings. The molecule has 0 radical (unpaired) electrons. The molecule has 3 aromatic rings. The number of carboxylic acid groups (broad SMARTS) is 1. The van der Waals surface area contributed by atoms with Crippen LogP contribution in [0.2, 0.25) is 5.02 Å². The van der Waals surface area contributed by atoms with Crippen molar-refractivity contribution in [1.29, 1.82) is 0 Å². The molecule has 0 unspecified atom stereocenters. The number of hydrogen-bond acceptors (Lipinski definition) is 3. The Balaban J connectivity index is 1.36. The average Bonchev–Trinajstić information content (AvgIpc) is 3.26. The molecule has 3 N–H and O–H groups in total. The number of rotatable bonds is 5. The molecular formula is C23H23ClN4O3. The Morgan fingerprint density at radius 3 is 2.35 bits per heavy atom. The van der Waals surface area contributed by atoms with Crippen molar-refractivity contribution >= 4 is 35.0 Å². The molecule has 2 aromatic carbocycles. The number of carbonyl (C=O) groups is 2. The summed E-state index contributed by atoms with van der Waals surface area (Å²) in [5.74, 6) is -0.935. The lowest BCUT2D eigenvalue weighted by molar-refractivity contribution is -0.143. The van der Waals surface area contributed by atoms with Crippen molar-refractivity contribution in [3.63, 3.8) is 0 Å². The van der Waals surface area contributed by atoms with Crippen LogP contribution in [0.15, 0.2) is 60.8 Å². The van der Waals surface area contributed by atoms with Gasteiger partial charge in [0.05, 0.1) is 28.4 Å². The zero-order chi connectivity index (χ0) is 21.8. The maximum atomic E-state index is 12.2. The van der Waals surface area contributed by atoms with Gasteiger partial charge in [0.1, 0.15) is 0 Å². The topological polar surface area (TPSA) is 96.2 Å². The summed E-state index contributed by atoms with van der Waals surface area (Å²) in [5.41, 5.74) is 2.98. The fourth-order valence-corrected chi connectivity index (χ4v) is 4.04. The van der Waals surface area contributed by atoms with E-state index in [0.29, 0.717) is 29.2 Å². The van der Waals surface area contributed by atoms with Crippen LogP contribution in [0.3, 0.4) is 0 Å². The van der Waals surface area contributed by atoms with Crippen molar-refractivity contribution in [3.05, 3.63) is 65.8 Å². The molecule has 8 heteroatoms. The summed E-state index contributed by atoms with van der Waals surface area (Å²) in [5, 5.41) is 19.8. The van der Waals surface area contributed by atoms with E-state index in [1.807, 2.05) is 41.2 Å². The number of hydrogen-bond donors (Lipinski definition) is 3. The van der Waals surface area contributed by atoms with E-state index in [4.69, 9.17) is 16.7 Å². The van der Waals surface area contributed by atoms with Gasteiger partial charge in [-0.3, -0.25) is 9.48 Å². The van der Waals surface area contributed by atoms with Gasteiger partial charge in [-0.2, -0.15) is 5.10 Å². The second-order valence-electron chi connectivity index (χ2n) is 7.66. The van der Waals surface area contributed by atoms with E-state index in [-0.39, 0.29) is 18.0 Å². The molecule has 0 saturated heterocycles. The van der Waals surface area contributed by atoms with E-state index in [0.717, 1.165) is 24.1 Å². The summed E-state index contributed by atoms with van der Waals surface area (Å²) < 4.78 is 1.94. The lowest BCUT2D eigenvalue weighted by atomic mass is 9.86. The van der Waals surface area contributed by atoms with Crippen LogP contribution < -0.4 is 10.6 Å². The summed E-state index contributed by atoms with van der Waals surface area (Å²) in [6.07, 6.45) is 4.96. The van der Waals surface area contributed by atoms with Crippen molar-refractivity contribution in [1.82, 2.24) is 9.78 Å². The van der Waals surface area contributed by atoms with Crippen molar-refractivity contribution in [2.75, 3.05) is 10.6 Å². The number of halogens is 1. The Bertz CT molecular complexity index is 1070. The quantitative estimate of drug-likeness (QED) is 0.478. The first-order chi connectivity index (χ1) is 15.0. The Kier molecular flexibility index (Phi) is 6.23. The highest BCUT2D eigenvalue weighted by molar-refractivity contribution is 6.33. The average molecular weight is 439 g/mol. The van der Waals surface area contributed by atoms with E-state index in [2.05, 4.69) is 15.7 Å². The Morgan fingerprint density at radius 1 is 0.968 bits per heavy atom. The van der Waals surface area contributed by atoms with Gasteiger partial charge in [0.2, 0.25) is 0 Å². The minimum Gasteiger partial charge on any atom is -0.481 e. The number of urea groups is 1. The van der Waals surface area contributed by atoms with Gasteiger partial charge in [-0.05, 0) is 56.0 Å². The summed E-state index contributed by atoms with van der Waals surface area (Å²) in [4.78, 5) is 23.3. The lowest BCUT2D eigenvalue weighted by Crippen LogP contribution is -2.23. The molecule has 4 rings (SSSR count). The number of aliphatic carboxylic acids is 1. The highest BCUT2D eigenvalue weighted by Gasteiger charge is 2.27. The van der Waals surface area contributed by atoms with Crippen molar-refractivity contribution in [2.45, 2.75) is 31.7 Å². The molecule has 160 valence electrons. The minimum atomic E-state index is -0.700. The van der Waals surface area contributed by atoms with Crippen LogP contribution in [0.1, 0.15) is 31.7 Å². The van der Waals surface area contributed by atoms with Gasteiger partial charge in [0.25, 0.3) is 0 Å². The standard InChI is InChI=1S/C23H23ClN4O3/c24-19-3-1-2-4-21(19)26-23(31)25-17-9-5-15(6-10-17)20-13-14-28(27-20)18-11-7-16(8-12-18)22(29)30/h1-6,9-10,13-14,16,18H,7-8,11-12H2,(H,29,30)(H2,25,26,31). The fraction of sp³-hybridized carbons (Fsp3) is 0.261. The molecule has 0 atom stereocenters. The van der Waals surface area contributed by atoms with Gasteiger partial charge >= 0.3 is 12.0 Å². The maximum absolute atomic E-state index is 12.2. The molecule has 1 aliphatic rings. The zero-order valence-corrected chi connectivity index (χ0v) is 17.5. The SMILES string of the molecule is O=C(Nc1ccc(-c2ccn(C3CCC(C(=O)O)CC3)n2)cc1)Nc1ccccc1Cl. The Morgan fingerprint density at radius 2 is 1.68 bits per heavy atom. The third-order valence-electron chi connectivity index (χ3n) is 5.59. The molecule has 1 aliphatic carbocycles. The largest absolute Gasteiger partial charge is 0.481 e. The molecule has 7 nitrogen and oxygen atoms in total. The summed E-state index contributed by atoms with van der Waals surface area (Å²) >= 11 is 6.06. The molecule has 2 amide bonds. The van der Waals surface area contributed by atoms with E-state index < -0.39 is 5.97 Å². The number of aromatic nitrogens is 2. The summed E-state index contributed by atoms with van der Waals surface area (Å²) in [6, 6.07) is 16.3. The van der Waals surface area contributed by atoms with E-state index in [9.17, 15) is 9.59 Å². The minimum absolute atomic E-state index is 0.235. The molecule has 1 saturated carbocycles. The number of para-hydroxylation sites is 1. The Labute approximate surface area is 185 Å². The van der Waals surface area contributed by atoms with E-state index in [1.165, 1.54) is 0 Å². The zero-order valence-electron chi connectivity index (χ0n) is 16.8. The number of carbonyl (C=O) groups excluding carboxylic acids is 1. The number of carboxylic acids is 1. The summed E-state index contributed by atoms with van der Waals surface area (Å²) in [7, 11) is 0. The van der Waals surface area contributed by atoms with Gasteiger partial charge in [0, 0.05) is 17.4 Å². The first-order valence-corrected chi connectivity index (χ1v) is 10.6. The number of anilines is 2. The maximum Gasteiger partial charge on any atom is 0.323 e. The molecule has 31 heavy (non-hydrogen) atoms. The van der Waals surface area contributed by atoms with Crippen LogP contribution in [0.5, 0.6) is 0 Å².